The standard InChI is InChI=1S/C14H16N2O2S/c1-19(17,18)14-8-2-11(3-9-14)10-16-13-6-4-12(15)5-7-13/h2-9,16H,10,15H2,1H3. The van der Waals surface area contributed by atoms with Crippen LogP contribution in [0.1, 0.15) is 5.56 Å². The summed E-state index contributed by atoms with van der Waals surface area (Å²) in [7, 11) is -3.13. The number of sulfone groups is 1. The Morgan fingerprint density at radius 1 is 1.00 bits per heavy atom. The Morgan fingerprint density at radius 2 is 1.58 bits per heavy atom. The number of nitrogens with one attached hydrogen (secondary N) is 1. The highest BCUT2D eigenvalue weighted by atomic mass is 32.2. The molecule has 0 aliphatic rings. The smallest absolute Gasteiger partial charge is 0.175 e. The average Bonchev–Trinajstić information content (AvgIpc) is 2.37. The molecule has 0 saturated heterocycles. The first-order valence-corrected chi connectivity index (χ1v) is 7.73. The number of hydrogen-bond acceptors (Lipinski definition) is 4. The van der Waals surface area contributed by atoms with E-state index >= 15 is 0 Å². The van der Waals surface area contributed by atoms with Crippen LogP contribution in [0.2, 0.25) is 0 Å². The van der Waals surface area contributed by atoms with Crippen LogP contribution >= 0.6 is 0 Å². The molecule has 2 aromatic carbocycles. The normalized spacial score (nSPS) is 11.2. The molecule has 19 heavy (non-hydrogen) atoms. The molecule has 0 unspecified atom stereocenters. The van der Waals surface area contributed by atoms with E-state index in [-0.39, 0.29) is 0 Å². The van der Waals surface area contributed by atoms with Gasteiger partial charge in [0.05, 0.1) is 4.90 Å². The van der Waals surface area contributed by atoms with Crippen molar-refractivity contribution in [2.45, 2.75) is 11.4 Å². The zero-order chi connectivity index (χ0) is 13.9. The Balaban J connectivity index is 2.02. The molecule has 0 amide bonds. The van der Waals surface area contributed by atoms with Crippen LogP contribution < -0.4 is 11.1 Å². The molecule has 100 valence electrons. The maximum absolute atomic E-state index is 11.3. The fourth-order valence-corrected chi connectivity index (χ4v) is 2.29. The molecule has 0 radical (unpaired) electrons. The number of hydrogen-bond donors (Lipinski definition) is 2. The van der Waals surface area contributed by atoms with E-state index in [4.69, 9.17) is 5.73 Å². The molecular weight excluding hydrogens is 260 g/mol. The lowest BCUT2D eigenvalue weighted by Gasteiger charge is -2.07. The van der Waals surface area contributed by atoms with Gasteiger partial charge in [-0.25, -0.2) is 8.42 Å². The van der Waals surface area contributed by atoms with Gasteiger partial charge in [-0.1, -0.05) is 12.1 Å². The van der Waals surface area contributed by atoms with Crippen molar-refractivity contribution < 1.29 is 8.42 Å². The molecule has 0 bridgehead atoms. The van der Waals surface area contributed by atoms with E-state index in [9.17, 15) is 8.42 Å². The van der Waals surface area contributed by atoms with Crippen LogP contribution in [0.4, 0.5) is 11.4 Å². The van der Waals surface area contributed by atoms with Crippen LogP contribution in [0.15, 0.2) is 53.4 Å². The van der Waals surface area contributed by atoms with E-state index in [0.717, 1.165) is 16.9 Å². The minimum Gasteiger partial charge on any atom is -0.399 e. The Labute approximate surface area is 113 Å². The maximum Gasteiger partial charge on any atom is 0.175 e. The maximum atomic E-state index is 11.3. The second-order valence-electron chi connectivity index (χ2n) is 4.39. The summed E-state index contributed by atoms with van der Waals surface area (Å²) in [4.78, 5) is 0.337. The third-order valence-electron chi connectivity index (χ3n) is 2.76. The van der Waals surface area contributed by atoms with Crippen LogP contribution in [0.25, 0.3) is 0 Å². The summed E-state index contributed by atoms with van der Waals surface area (Å²) in [5, 5.41) is 3.24. The molecule has 0 saturated carbocycles. The topological polar surface area (TPSA) is 72.2 Å². The van der Waals surface area contributed by atoms with Crippen molar-refractivity contribution in [1.82, 2.24) is 0 Å². The van der Waals surface area contributed by atoms with Gasteiger partial charge in [-0.2, -0.15) is 0 Å². The van der Waals surface area contributed by atoms with Gasteiger partial charge in [0.1, 0.15) is 0 Å². The molecule has 5 heteroatoms. The van der Waals surface area contributed by atoms with Crippen molar-refractivity contribution in [2.24, 2.45) is 0 Å². The highest BCUT2D eigenvalue weighted by Gasteiger charge is 2.05. The van der Waals surface area contributed by atoms with Crippen molar-refractivity contribution in [2.75, 3.05) is 17.3 Å². The zero-order valence-electron chi connectivity index (χ0n) is 10.6. The Hall–Kier alpha value is -2.01. The van der Waals surface area contributed by atoms with Crippen LogP contribution in [0, 0.1) is 0 Å². The summed E-state index contributed by atoms with van der Waals surface area (Å²) in [6.07, 6.45) is 1.20. The predicted octanol–water partition coefficient (Wildman–Crippen LogP) is 2.28. The first kappa shape index (κ1) is 13.4. The van der Waals surface area contributed by atoms with Gasteiger partial charge in [0.15, 0.2) is 9.84 Å². The van der Waals surface area contributed by atoms with Crippen LogP contribution in [-0.4, -0.2) is 14.7 Å². The minimum absolute atomic E-state index is 0.337. The van der Waals surface area contributed by atoms with Crippen molar-refractivity contribution in [3.05, 3.63) is 54.1 Å². The quantitative estimate of drug-likeness (QED) is 0.840. The van der Waals surface area contributed by atoms with E-state index in [2.05, 4.69) is 5.32 Å². The van der Waals surface area contributed by atoms with Gasteiger partial charge in [0.25, 0.3) is 0 Å². The largest absolute Gasteiger partial charge is 0.399 e. The number of benzene rings is 2. The number of nitrogen functional groups attached to an aromatic ring is 1. The summed E-state index contributed by atoms with van der Waals surface area (Å²) in [5.74, 6) is 0. The molecule has 4 nitrogen and oxygen atoms in total. The van der Waals surface area contributed by atoms with E-state index in [1.807, 2.05) is 24.3 Å². The highest BCUT2D eigenvalue weighted by molar-refractivity contribution is 7.90. The first-order chi connectivity index (χ1) is 8.95. The Morgan fingerprint density at radius 3 is 2.11 bits per heavy atom. The summed E-state index contributed by atoms with van der Waals surface area (Å²) < 4.78 is 22.7. The molecule has 0 aliphatic carbocycles. The van der Waals surface area contributed by atoms with Crippen LogP contribution in [0.5, 0.6) is 0 Å². The second kappa shape index (κ2) is 5.32. The van der Waals surface area contributed by atoms with Crippen LogP contribution in [0.3, 0.4) is 0 Å². The van der Waals surface area contributed by atoms with E-state index < -0.39 is 9.84 Å². The fraction of sp³-hybridized carbons (Fsp3) is 0.143. The minimum atomic E-state index is -3.13. The molecule has 0 spiro atoms. The van der Waals surface area contributed by atoms with Gasteiger partial charge < -0.3 is 11.1 Å². The summed E-state index contributed by atoms with van der Waals surface area (Å²) in [5.41, 5.74) is 8.32. The molecule has 3 N–H and O–H groups in total. The lowest BCUT2D eigenvalue weighted by atomic mass is 10.2. The van der Waals surface area contributed by atoms with Gasteiger partial charge in [-0.3, -0.25) is 0 Å². The number of anilines is 2. The third-order valence-corrected chi connectivity index (χ3v) is 3.89. The first-order valence-electron chi connectivity index (χ1n) is 5.83. The fourth-order valence-electron chi connectivity index (χ4n) is 1.66. The molecule has 0 atom stereocenters. The number of rotatable bonds is 4. The summed E-state index contributed by atoms with van der Waals surface area (Å²) in [6, 6.07) is 14.3. The lowest BCUT2D eigenvalue weighted by molar-refractivity contribution is 0.602. The SMILES string of the molecule is CS(=O)(=O)c1ccc(CNc2ccc(N)cc2)cc1. The van der Waals surface area contributed by atoms with Crippen LogP contribution in [-0.2, 0) is 16.4 Å². The molecular formula is C14H16N2O2S. The molecule has 0 aliphatic heterocycles. The van der Waals surface area contributed by atoms with Crippen molar-refractivity contribution in [1.29, 1.82) is 0 Å². The van der Waals surface area contributed by atoms with Gasteiger partial charge in [-0.15, -0.1) is 0 Å². The lowest BCUT2D eigenvalue weighted by Crippen LogP contribution is -2.01. The molecule has 0 fully saturated rings. The number of nitrogens with two attached hydrogens (primary N) is 1. The van der Waals surface area contributed by atoms with Gasteiger partial charge in [0.2, 0.25) is 0 Å². The molecule has 0 aromatic heterocycles. The Bertz CT molecular complexity index is 647. The van der Waals surface area contributed by atoms with E-state index in [1.54, 1.807) is 24.3 Å². The van der Waals surface area contributed by atoms with Crippen molar-refractivity contribution in [3.63, 3.8) is 0 Å². The average molecular weight is 276 g/mol. The van der Waals surface area contributed by atoms with E-state index in [1.165, 1.54) is 6.26 Å². The summed E-state index contributed by atoms with van der Waals surface area (Å²) >= 11 is 0. The molecule has 0 heterocycles. The zero-order valence-corrected chi connectivity index (χ0v) is 11.4. The summed E-state index contributed by atoms with van der Waals surface area (Å²) in [6.45, 7) is 0.633. The van der Waals surface area contributed by atoms with Gasteiger partial charge in [-0.05, 0) is 42.0 Å². The van der Waals surface area contributed by atoms with Gasteiger partial charge >= 0.3 is 0 Å². The molecule has 2 rings (SSSR count). The highest BCUT2D eigenvalue weighted by Crippen LogP contribution is 2.14. The van der Waals surface area contributed by atoms with Crippen molar-refractivity contribution in [3.8, 4) is 0 Å². The Kier molecular flexibility index (Phi) is 3.76. The third kappa shape index (κ3) is 3.72. The second-order valence-corrected chi connectivity index (χ2v) is 6.41. The monoisotopic (exact) mass is 276 g/mol. The van der Waals surface area contributed by atoms with E-state index in [0.29, 0.717) is 11.4 Å². The predicted molar refractivity (Wildman–Crippen MR) is 77.7 cm³/mol. The molecule has 2 aromatic rings. The van der Waals surface area contributed by atoms with Crippen molar-refractivity contribution >= 4 is 21.2 Å². The van der Waals surface area contributed by atoms with Gasteiger partial charge in [0, 0.05) is 24.2 Å².